The average molecular weight is 389 g/mol. The van der Waals surface area contributed by atoms with E-state index in [0.717, 1.165) is 30.8 Å². The van der Waals surface area contributed by atoms with Gasteiger partial charge in [-0.2, -0.15) is 0 Å². The fourth-order valence-electron chi connectivity index (χ4n) is 4.69. The molecule has 28 heavy (non-hydrogen) atoms. The monoisotopic (exact) mass is 389 g/mol. The number of fused-ring (bicyclic) bond motifs is 1. The molecule has 152 valence electrons. The number of carbonyl (C=O) groups is 3. The number of urea groups is 1. The molecular formula is C19H29N6O3+. The van der Waals surface area contributed by atoms with Crippen molar-refractivity contribution in [3.05, 3.63) is 0 Å². The Morgan fingerprint density at radius 3 is 2.50 bits per heavy atom. The van der Waals surface area contributed by atoms with Crippen LogP contribution in [0.2, 0.25) is 0 Å². The number of amidine groups is 1. The van der Waals surface area contributed by atoms with Crippen molar-refractivity contribution in [2.75, 3.05) is 46.8 Å². The largest absolute Gasteiger partial charge is 0.341 e. The molecule has 4 rings (SSSR count). The van der Waals surface area contributed by atoms with E-state index in [1.807, 2.05) is 0 Å². The van der Waals surface area contributed by atoms with Crippen molar-refractivity contribution < 1.29 is 19.0 Å². The number of aliphatic imine (C=N–C) groups is 1. The van der Waals surface area contributed by atoms with Crippen LogP contribution < -0.4 is 0 Å². The van der Waals surface area contributed by atoms with Gasteiger partial charge in [-0.15, -0.1) is 0 Å². The summed E-state index contributed by atoms with van der Waals surface area (Å²) in [7, 11) is 3.34. The number of imide groups is 1. The molecule has 1 atom stereocenters. The maximum absolute atomic E-state index is 12.8. The Balaban J connectivity index is 1.36. The van der Waals surface area contributed by atoms with Crippen LogP contribution in [0.15, 0.2) is 4.99 Å². The highest BCUT2D eigenvalue weighted by Gasteiger charge is 2.51. The lowest BCUT2D eigenvalue weighted by Gasteiger charge is -2.40. The van der Waals surface area contributed by atoms with E-state index >= 15 is 0 Å². The first-order valence-electron chi connectivity index (χ1n) is 10.2. The van der Waals surface area contributed by atoms with Gasteiger partial charge in [0.05, 0.1) is 7.05 Å². The molecule has 4 heterocycles. The molecule has 3 saturated heterocycles. The highest BCUT2D eigenvalue weighted by molar-refractivity contribution is 6.22. The SMILES string of the molecule is CN1C(=O)N(CC(=O)N2CCC(N3CCCCC3)CC2)C(=O)C2C1=NC=[N+]2C. The smallest absolute Gasteiger partial charge is 0.334 e. The molecule has 0 bridgehead atoms. The van der Waals surface area contributed by atoms with Crippen LogP contribution in [0, 0.1) is 0 Å². The zero-order chi connectivity index (χ0) is 19.8. The first-order chi connectivity index (χ1) is 13.5. The number of piperidine rings is 2. The molecule has 0 aromatic heterocycles. The number of likely N-dealkylation sites (tertiary alicyclic amines) is 2. The molecule has 3 fully saturated rings. The van der Waals surface area contributed by atoms with E-state index in [4.69, 9.17) is 0 Å². The highest BCUT2D eigenvalue weighted by atomic mass is 16.2. The Morgan fingerprint density at radius 1 is 1.14 bits per heavy atom. The maximum Gasteiger partial charge on any atom is 0.334 e. The van der Waals surface area contributed by atoms with Gasteiger partial charge in [0, 0.05) is 26.2 Å². The van der Waals surface area contributed by atoms with E-state index < -0.39 is 12.1 Å². The molecule has 4 aliphatic heterocycles. The van der Waals surface area contributed by atoms with E-state index in [1.54, 1.807) is 29.9 Å². The van der Waals surface area contributed by atoms with E-state index in [-0.39, 0.29) is 18.4 Å². The molecule has 1 unspecified atom stereocenters. The average Bonchev–Trinajstić information content (AvgIpc) is 3.12. The topological polar surface area (TPSA) is 79.5 Å². The predicted molar refractivity (Wildman–Crippen MR) is 103 cm³/mol. The van der Waals surface area contributed by atoms with Gasteiger partial charge in [-0.1, -0.05) is 6.42 Å². The zero-order valence-corrected chi connectivity index (χ0v) is 16.7. The van der Waals surface area contributed by atoms with Gasteiger partial charge < -0.3 is 9.80 Å². The zero-order valence-electron chi connectivity index (χ0n) is 16.7. The van der Waals surface area contributed by atoms with Gasteiger partial charge in [0.15, 0.2) is 0 Å². The normalized spacial score (nSPS) is 27.1. The number of amides is 4. The Morgan fingerprint density at radius 2 is 1.82 bits per heavy atom. The standard InChI is InChI=1S/C19H29N6O3/c1-21-13-20-17-16(21)18(27)25(19(28)22(17)2)12-15(26)24-10-6-14(7-11-24)23-8-4-3-5-9-23/h13-14,16H,3-12H2,1-2H3/q+1. The second-order valence-corrected chi connectivity index (χ2v) is 8.15. The summed E-state index contributed by atoms with van der Waals surface area (Å²) in [6.07, 6.45) is 7.32. The number of carbonyl (C=O) groups excluding carboxylic acids is 3. The van der Waals surface area contributed by atoms with E-state index in [1.165, 1.54) is 24.2 Å². The van der Waals surface area contributed by atoms with Gasteiger partial charge in [0.2, 0.25) is 5.91 Å². The Kier molecular flexibility index (Phi) is 5.18. The first kappa shape index (κ1) is 19.0. The maximum atomic E-state index is 12.8. The minimum atomic E-state index is -0.625. The number of nitrogens with zero attached hydrogens (tertiary/aromatic N) is 6. The van der Waals surface area contributed by atoms with Crippen LogP contribution in [0.5, 0.6) is 0 Å². The Hall–Kier alpha value is -2.29. The summed E-state index contributed by atoms with van der Waals surface area (Å²) in [5.74, 6) is -0.115. The van der Waals surface area contributed by atoms with Gasteiger partial charge in [-0.25, -0.2) is 9.37 Å². The molecule has 4 aliphatic rings. The molecule has 0 spiro atoms. The lowest BCUT2D eigenvalue weighted by atomic mass is 10.00. The molecule has 0 aromatic carbocycles. The fourth-order valence-corrected chi connectivity index (χ4v) is 4.69. The fraction of sp³-hybridized carbons (Fsp3) is 0.737. The minimum Gasteiger partial charge on any atom is -0.341 e. The quantitative estimate of drug-likeness (QED) is 0.627. The summed E-state index contributed by atoms with van der Waals surface area (Å²) in [5.41, 5.74) is 0. The Labute approximate surface area is 165 Å². The molecule has 0 aromatic rings. The van der Waals surface area contributed by atoms with Crippen molar-refractivity contribution >= 4 is 30.0 Å². The van der Waals surface area contributed by atoms with Crippen LogP contribution in [0.3, 0.4) is 0 Å². The van der Waals surface area contributed by atoms with E-state index in [2.05, 4.69) is 9.89 Å². The highest BCUT2D eigenvalue weighted by Crippen LogP contribution is 2.22. The van der Waals surface area contributed by atoms with E-state index in [0.29, 0.717) is 25.0 Å². The van der Waals surface area contributed by atoms with Crippen molar-refractivity contribution in [3.8, 4) is 0 Å². The molecule has 0 aliphatic carbocycles. The summed E-state index contributed by atoms with van der Waals surface area (Å²) < 4.78 is 1.67. The summed E-state index contributed by atoms with van der Waals surface area (Å²) in [6.45, 7) is 3.51. The van der Waals surface area contributed by atoms with Crippen molar-refractivity contribution in [2.24, 2.45) is 4.99 Å². The van der Waals surface area contributed by atoms with Gasteiger partial charge in [0.25, 0.3) is 24.1 Å². The van der Waals surface area contributed by atoms with Gasteiger partial charge in [0.1, 0.15) is 6.54 Å². The molecule has 0 radical (unpaired) electrons. The lowest BCUT2D eigenvalue weighted by molar-refractivity contribution is -0.500. The Bertz CT molecular complexity index is 734. The number of rotatable bonds is 3. The molecule has 4 amide bonds. The molecular weight excluding hydrogens is 360 g/mol. The number of hydrogen-bond acceptors (Lipinski definition) is 5. The van der Waals surface area contributed by atoms with Crippen LogP contribution >= 0.6 is 0 Å². The van der Waals surface area contributed by atoms with Crippen LogP contribution in [-0.4, -0.2) is 113 Å². The first-order valence-corrected chi connectivity index (χ1v) is 10.2. The van der Waals surface area contributed by atoms with Crippen LogP contribution in [0.1, 0.15) is 32.1 Å². The molecule has 0 saturated carbocycles. The van der Waals surface area contributed by atoms with Crippen LogP contribution in [0.4, 0.5) is 4.79 Å². The van der Waals surface area contributed by atoms with Gasteiger partial charge >= 0.3 is 6.03 Å². The summed E-state index contributed by atoms with van der Waals surface area (Å²) in [4.78, 5) is 49.2. The number of hydrogen-bond donors (Lipinski definition) is 0. The summed E-state index contributed by atoms with van der Waals surface area (Å²) in [5, 5.41) is 0. The van der Waals surface area contributed by atoms with Crippen LogP contribution in [0.25, 0.3) is 0 Å². The van der Waals surface area contributed by atoms with Crippen molar-refractivity contribution in [3.63, 3.8) is 0 Å². The van der Waals surface area contributed by atoms with Crippen molar-refractivity contribution in [2.45, 2.75) is 44.2 Å². The van der Waals surface area contributed by atoms with Crippen molar-refractivity contribution in [1.82, 2.24) is 19.6 Å². The number of likely N-dealkylation sites (N-methyl/N-ethyl adjacent to an activating group) is 2. The summed E-state index contributed by atoms with van der Waals surface area (Å²) >= 11 is 0. The van der Waals surface area contributed by atoms with Crippen LogP contribution in [-0.2, 0) is 9.59 Å². The third-order valence-electron chi connectivity index (χ3n) is 6.40. The molecule has 9 heteroatoms. The lowest BCUT2D eigenvalue weighted by Crippen LogP contribution is -2.64. The minimum absolute atomic E-state index is 0.155. The van der Waals surface area contributed by atoms with Crippen molar-refractivity contribution in [1.29, 1.82) is 0 Å². The van der Waals surface area contributed by atoms with Gasteiger partial charge in [-0.3, -0.25) is 19.4 Å². The van der Waals surface area contributed by atoms with E-state index in [9.17, 15) is 14.4 Å². The molecule has 9 nitrogen and oxygen atoms in total. The van der Waals surface area contributed by atoms with Gasteiger partial charge in [-0.05, 0) is 43.8 Å². The second-order valence-electron chi connectivity index (χ2n) is 8.15. The second kappa shape index (κ2) is 7.62. The third-order valence-corrected chi connectivity index (χ3v) is 6.40. The predicted octanol–water partition coefficient (Wildman–Crippen LogP) is -0.191. The molecule has 0 N–H and O–H groups in total. The third kappa shape index (κ3) is 3.32. The summed E-state index contributed by atoms with van der Waals surface area (Å²) in [6, 6.07) is -0.559.